The molecule has 1 saturated heterocycles. The number of hydrogen-bond donors (Lipinski definition) is 0. The van der Waals surface area contributed by atoms with Gasteiger partial charge in [0.05, 0.1) is 25.4 Å². The highest BCUT2D eigenvalue weighted by molar-refractivity contribution is 6.31. The van der Waals surface area contributed by atoms with Crippen LogP contribution in [0.25, 0.3) is 0 Å². The first-order valence-electron chi connectivity index (χ1n) is 10.6. The van der Waals surface area contributed by atoms with Crippen molar-refractivity contribution in [1.82, 2.24) is 9.91 Å². The van der Waals surface area contributed by atoms with Crippen molar-refractivity contribution in [1.29, 1.82) is 0 Å². The Labute approximate surface area is 183 Å². The third-order valence-corrected chi connectivity index (χ3v) is 6.43. The van der Waals surface area contributed by atoms with Gasteiger partial charge in [-0.15, -0.1) is 0 Å². The molecule has 0 spiro atoms. The second kappa shape index (κ2) is 9.19. The van der Waals surface area contributed by atoms with Crippen molar-refractivity contribution >= 4 is 23.2 Å². The first-order valence-corrected chi connectivity index (χ1v) is 10.9. The number of likely N-dealkylation sites (tertiary alicyclic amines) is 1. The van der Waals surface area contributed by atoms with Crippen LogP contribution in [0, 0.1) is 5.92 Å². The summed E-state index contributed by atoms with van der Waals surface area (Å²) in [4.78, 5) is 15.6. The summed E-state index contributed by atoms with van der Waals surface area (Å²) in [5, 5.41) is 7.08. The second-order valence-electron chi connectivity index (χ2n) is 8.19. The number of hydrogen-bond acceptors (Lipinski definition) is 4. The normalized spacial score (nSPS) is 20.3. The molecule has 1 fully saturated rings. The maximum Gasteiger partial charge on any atom is 0.257 e. The van der Waals surface area contributed by atoms with Crippen LogP contribution in [-0.4, -0.2) is 48.3 Å². The average molecular weight is 426 g/mol. The first kappa shape index (κ1) is 20.9. The van der Waals surface area contributed by atoms with Crippen molar-refractivity contribution in [3.05, 3.63) is 64.7 Å². The van der Waals surface area contributed by atoms with Crippen LogP contribution in [0.5, 0.6) is 5.75 Å². The standard InChI is InChI=1S/C24H28ClN3O2/c1-17-11-13-27(14-12-17)16-24(29)28-22(18-7-3-5-9-20(18)25)15-21(26-28)19-8-4-6-10-23(19)30-2/h3-10,17,22H,11-16H2,1-2H3/t22-/m0/s1. The number of methoxy groups -OCH3 is 1. The Balaban J connectivity index is 1.63. The summed E-state index contributed by atoms with van der Waals surface area (Å²) in [6.07, 6.45) is 2.88. The quantitative estimate of drug-likeness (QED) is 0.693. The van der Waals surface area contributed by atoms with Crippen LogP contribution in [-0.2, 0) is 4.79 Å². The number of hydrazone groups is 1. The smallest absolute Gasteiger partial charge is 0.257 e. The minimum atomic E-state index is -0.213. The zero-order valence-corrected chi connectivity index (χ0v) is 18.3. The van der Waals surface area contributed by atoms with Gasteiger partial charge in [0.2, 0.25) is 0 Å². The molecule has 0 aromatic heterocycles. The summed E-state index contributed by atoms with van der Waals surface area (Å²) in [7, 11) is 1.65. The lowest BCUT2D eigenvalue weighted by Crippen LogP contribution is -2.41. The van der Waals surface area contributed by atoms with Gasteiger partial charge in [0, 0.05) is 17.0 Å². The number of ether oxygens (including phenoxy) is 1. The number of nitrogens with zero attached hydrogens (tertiary/aromatic N) is 3. The third-order valence-electron chi connectivity index (χ3n) is 6.08. The fraction of sp³-hybridized carbons (Fsp3) is 0.417. The minimum absolute atomic E-state index is 0.0133. The number of para-hydroxylation sites is 1. The van der Waals surface area contributed by atoms with Gasteiger partial charge in [-0.1, -0.05) is 48.9 Å². The van der Waals surface area contributed by atoms with Crippen LogP contribution in [0.2, 0.25) is 5.02 Å². The van der Waals surface area contributed by atoms with E-state index in [4.69, 9.17) is 21.4 Å². The Bertz CT molecular complexity index is 938. The molecule has 5 nitrogen and oxygen atoms in total. The van der Waals surface area contributed by atoms with Gasteiger partial charge >= 0.3 is 0 Å². The van der Waals surface area contributed by atoms with Crippen LogP contribution >= 0.6 is 11.6 Å². The lowest BCUT2D eigenvalue weighted by Gasteiger charge is -2.31. The number of piperidine rings is 1. The SMILES string of the molecule is COc1ccccc1C1=NN(C(=O)CN2CCC(C)CC2)[C@H](c2ccccc2Cl)C1. The van der Waals surface area contributed by atoms with E-state index in [1.165, 1.54) is 0 Å². The van der Waals surface area contributed by atoms with Crippen LogP contribution in [0.3, 0.4) is 0 Å². The monoisotopic (exact) mass is 425 g/mol. The minimum Gasteiger partial charge on any atom is -0.496 e. The summed E-state index contributed by atoms with van der Waals surface area (Å²) in [6.45, 7) is 4.58. The third kappa shape index (κ3) is 4.37. The highest BCUT2D eigenvalue weighted by Gasteiger charge is 2.35. The van der Waals surface area contributed by atoms with Gasteiger partial charge in [0.15, 0.2) is 0 Å². The van der Waals surface area contributed by atoms with E-state index in [-0.39, 0.29) is 11.9 Å². The van der Waals surface area contributed by atoms with E-state index in [0.717, 1.165) is 54.4 Å². The van der Waals surface area contributed by atoms with Crippen molar-refractivity contribution in [3.8, 4) is 5.75 Å². The van der Waals surface area contributed by atoms with Crippen molar-refractivity contribution in [2.75, 3.05) is 26.7 Å². The Morgan fingerprint density at radius 2 is 1.83 bits per heavy atom. The predicted octanol–water partition coefficient (Wildman–Crippen LogP) is 4.76. The molecule has 0 aliphatic carbocycles. The zero-order valence-electron chi connectivity index (χ0n) is 17.6. The van der Waals surface area contributed by atoms with Crippen LogP contribution < -0.4 is 4.74 Å². The molecule has 1 amide bonds. The molecule has 0 radical (unpaired) electrons. The zero-order chi connectivity index (χ0) is 21.1. The van der Waals surface area contributed by atoms with Gasteiger partial charge in [-0.05, 0) is 55.6 Å². The molecule has 0 unspecified atom stereocenters. The van der Waals surface area contributed by atoms with E-state index < -0.39 is 0 Å². The maximum atomic E-state index is 13.3. The topological polar surface area (TPSA) is 45.1 Å². The number of rotatable bonds is 5. The summed E-state index contributed by atoms with van der Waals surface area (Å²) in [5.74, 6) is 1.50. The van der Waals surface area contributed by atoms with E-state index in [0.29, 0.717) is 18.0 Å². The number of carbonyl (C=O) groups excluding carboxylic acids is 1. The molecule has 2 heterocycles. The summed E-state index contributed by atoms with van der Waals surface area (Å²) in [5.41, 5.74) is 2.69. The number of carbonyl (C=O) groups is 1. The average Bonchev–Trinajstić information content (AvgIpc) is 3.21. The summed E-state index contributed by atoms with van der Waals surface area (Å²) in [6, 6.07) is 15.3. The van der Waals surface area contributed by atoms with Crippen LogP contribution in [0.1, 0.15) is 43.4 Å². The fourth-order valence-corrected chi connectivity index (χ4v) is 4.52. The van der Waals surface area contributed by atoms with Gasteiger partial charge in [0.25, 0.3) is 5.91 Å². The van der Waals surface area contributed by atoms with E-state index in [1.807, 2.05) is 48.5 Å². The highest BCUT2D eigenvalue weighted by atomic mass is 35.5. The van der Waals surface area contributed by atoms with Crippen molar-refractivity contribution in [2.24, 2.45) is 11.0 Å². The molecule has 30 heavy (non-hydrogen) atoms. The predicted molar refractivity (Wildman–Crippen MR) is 120 cm³/mol. The summed E-state index contributed by atoms with van der Waals surface area (Å²) >= 11 is 6.51. The Kier molecular flexibility index (Phi) is 6.40. The van der Waals surface area contributed by atoms with Gasteiger partial charge in [-0.2, -0.15) is 5.10 Å². The van der Waals surface area contributed by atoms with E-state index in [1.54, 1.807) is 12.1 Å². The Hall–Kier alpha value is -2.37. The molecule has 0 N–H and O–H groups in total. The molecule has 2 aromatic rings. The van der Waals surface area contributed by atoms with Crippen LogP contribution in [0.4, 0.5) is 0 Å². The highest BCUT2D eigenvalue weighted by Crippen LogP contribution is 2.37. The summed E-state index contributed by atoms with van der Waals surface area (Å²) < 4.78 is 5.53. The van der Waals surface area contributed by atoms with Gasteiger partial charge < -0.3 is 4.74 Å². The molecule has 0 saturated carbocycles. The van der Waals surface area contributed by atoms with Crippen LogP contribution in [0.15, 0.2) is 53.6 Å². The Morgan fingerprint density at radius 1 is 1.13 bits per heavy atom. The van der Waals surface area contributed by atoms with Gasteiger partial charge in [-0.3, -0.25) is 9.69 Å². The number of halogens is 1. The molecule has 4 rings (SSSR count). The Morgan fingerprint density at radius 3 is 2.57 bits per heavy atom. The molecule has 1 atom stereocenters. The van der Waals surface area contributed by atoms with Crippen molar-refractivity contribution in [2.45, 2.75) is 32.2 Å². The fourth-order valence-electron chi connectivity index (χ4n) is 4.26. The molecule has 0 bridgehead atoms. The van der Waals surface area contributed by atoms with E-state index in [9.17, 15) is 4.79 Å². The van der Waals surface area contributed by atoms with Gasteiger partial charge in [-0.25, -0.2) is 5.01 Å². The molecule has 2 aliphatic rings. The maximum absolute atomic E-state index is 13.3. The molecular weight excluding hydrogens is 398 g/mol. The second-order valence-corrected chi connectivity index (χ2v) is 8.59. The lowest BCUT2D eigenvalue weighted by atomic mass is 9.97. The molecule has 158 valence electrons. The molecule has 2 aliphatic heterocycles. The van der Waals surface area contributed by atoms with Crippen molar-refractivity contribution in [3.63, 3.8) is 0 Å². The first-order chi connectivity index (χ1) is 14.6. The molecule has 6 heteroatoms. The largest absolute Gasteiger partial charge is 0.496 e. The molecular formula is C24H28ClN3O2. The van der Waals surface area contributed by atoms with E-state index >= 15 is 0 Å². The molecule has 2 aromatic carbocycles. The number of amides is 1. The van der Waals surface area contributed by atoms with Crippen molar-refractivity contribution < 1.29 is 9.53 Å². The lowest BCUT2D eigenvalue weighted by molar-refractivity contribution is -0.134. The van der Waals surface area contributed by atoms with Gasteiger partial charge in [0.1, 0.15) is 5.75 Å². The number of benzene rings is 2. The van der Waals surface area contributed by atoms with E-state index in [2.05, 4.69) is 11.8 Å².